The Bertz CT molecular complexity index is 1070. The monoisotopic (exact) mass is 451 g/mol. The molecule has 3 rings (SSSR count). The van der Waals surface area contributed by atoms with Crippen molar-refractivity contribution in [2.24, 2.45) is 0 Å². The van der Waals surface area contributed by atoms with E-state index in [0.29, 0.717) is 35.8 Å². The minimum atomic E-state index is -3.12. The number of aromatic nitrogens is 2. The first-order valence-electron chi connectivity index (χ1n) is 10.4. The Kier molecular flexibility index (Phi) is 6.88. The lowest BCUT2D eigenvalue weighted by atomic mass is 10.2. The van der Waals surface area contributed by atoms with E-state index in [0.717, 1.165) is 18.5 Å². The van der Waals surface area contributed by atoms with Crippen molar-refractivity contribution in [2.75, 3.05) is 24.7 Å². The maximum Gasteiger partial charge on any atom is 0.340 e. The summed E-state index contributed by atoms with van der Waals surface area (Å²) in [6.07, 6.45) is 2.05. The molecule has 10 heteroatoms. The Morgan fingerprint density at radius 3 is 2.61 bits per heavy atom. The van der Waals surface area contributed by atoms with Gasteiger partial charge in [0.1, 0.15) is 5.76 Å². The van der Waals surface area contributed by atoms with Gasteiger partial charge in [-0.15, -0.1) is 0 Å². The quantitative estimate of drug-likeness (QED) is 0.566. The zero-order valence-electron chi connectivity index (χ0n) is 18.4. The van der Waals surface area contributed by atoms with Crippen molar-refractivity contribution < 1.29 is 27.3 Å². The molecule has 1 atom stereocenters. The van der Waals surface area contributed by atoms with Gasteiger partial charge in [0.15, 0.2) is 22.3 Å². The molecule has 1 aliphatic heterocycles. The van der Waals surface area contributed by atoms with Gasteiger partial charge >= 0.3 is 5.97 Å². The van der Waals surface area contributed by atoms with Gasteiger partial charge in [0, 0.05) is 30.0 Å². The van der Waals surface area contributed by atoms with Gasteiger partial charge in [0.25, 0.3) is 5.91 Å². The summed E-state index contributed by atoms with van der Waals surface area (Å²) in [4.78, 5) is 27.0. The molecule has 2 aromatic rings. The number of nitrogens with zero attached hydrogens (tertiary/aromatic N) is 3. The molecule has 9 nitrogen and oxygen atoms in total. The van der Waals surface area contributed by atoms with E-state index in [9.17, 15) is 18.0 Å². The van der Waals surface area contributed by atoms with Crippen molar-refractivity contribution in [1.82, 2.24) is 14.6 Å². The fourth-order valence-corrected chi connectivity index (χ4v) is 5.66. The fourth-order valence-electron chi connectivity index (χ4n) is 3.93. The van der Waals surface area contributed by atoms with Crippen LogP contribution in [-0.2, 0) is 19.4 Å². The Morgan fingerprint density at radius 2 is 2.03 bits per heavy atom. The third kappa shape index (κ3) is 5.17. The second-order valence-electron chi connectivity index (χ2n) is 7.99. The van der Waals surface area contributed by atoms with E-state index in [4.69, 9.17) is 9.26 Å². The molecule has 1 amide bonds. The van der Waals surface area contributed by atoms with Gasteiger partial charge in [0.2, 0.25) is 0 Å². The summed E-state index contributed by atoms with van der Waals surface area (Å²) >= 11 is 0. The van der Waals surface area contributed by atoms with Crippen LogP contribution in [0.2, 0.25) is 0 Å². The lowest BCUT2D eigenvalue weighted by Gasteiger charge is -2.28. The van der Waals surface area contributed by atoms with Crippen molar-refractivity contribution >= 4 is 21.7 Å². The average Bonchev–Trinajstić information content (AvgIpc) is 3.37. The molecule has 0 N–H and O–H groups in total. The van der Waals surface area contributed by atoms with Crippen LogP contribution in [0.4, 0.5) is 0 Å². The van der Waals surface area contributed by atoms with E-state index >= 15 is 0 Å². The smallest absolute Gasteiger partial charge is 0.340 e. The molecule has 0 aliphatic carbocycles. The number of carbonyl (C=O) groups is 2. The summed E-state index contributed by atoms with van der Waals surface area (Å²) in [6.45, 7) is 7.42. The molecular formula is C21H29N3O6S. The number of esters is 1. The highest BCUT2D eigenvalue weighted by molar-refractivity contribution is 7.91. The predicted molar refractivity (Wildman–Crippen MR) is 114 cm³/mol. The predicted octanol–water partition coefficient (Wildman–Crippen LogP) is 2.36. The van der Waals surface area contributed by atoms with Crippen molar-refractivity contribution in [3.05, 3.63) is 34.8 Å². The molecule has 2 aromatic heterocycles. The minimum Gasteiger partial charge on any atom is -0.452 e. The molecule has 0 unspecified atom stereocenters. The number of hydrogen-bond donors (Lipinski definition) is 0. The third-order valence-electron chi connectivity index (χ3n) is 5.54. The van der Waals surface area contributed by atoms with Crippen LogP contribution >= 0.6 is 0 Å². The second kappa shape index (κ2) is 9.25. The first-order chi connectivity index (χ1) is 14.6. The van der Waals surface area contributed by atoms with Crippen LogP contribution in [0.1, 0.15) is 53.7 Å². The number of rotatable bonds is 8. The van der Waals surface area contributed by atoms with Crippen molar-refractivity contribution in [3.8, 4) is 5.82 Å². The summed E-state index contributed by atoms with van der Waals surface area (Å²) < 4.78 is 35.9. The lowest BCUT2D eigenvalue weighted by molar-refractivity contribution is -0.136. The number of carbonyl (C=O) groups excluding carboxylic acids is 2. The maximum atomic E-state index is 12.8. The summed E-state index contributed by atoms with van der Waals surface area (Å²) in [7, 11) is -3.12. The molecular weight excluding hydrogens is 422 g/mol. The van der Waals surface area contributed by atoms with Crippen LogP contribution < -0.4 is 0 Å². The van der Waals surface area contributed by atoms with Crippen LogP contribution in [0.3, 0.4) is 0 Å². The Labute approximate surface area is 182 Å². The normalized spacial score (nSPS) is 17.6. The summed E-state index contributed by atoms with van der Waals surface area (Å²) in [5.41, 5.74) is 1.76. The molecule has 0 bridgehead atoms. The number of ether oxygens (including phenoxy) is 1. The van der Waals surface area contributed by atoms with Crippen LogP contribution in [0.15, 0.2) is 16.7 Å². The minimum absolute atomic E-state index is 0.0331. The molecule has 1 fully saturated rings. The molecule has 0 saturated carbocycles. The Morgan fingerprint density at radius 1 is 1.29 bits per heavy atom. The first-order valence-corrected chi connectivity index (χ1v) is 12.2. The van der Waals surface area contributed by atoms with Crippen LogP contribution in [-0.4, -0.2) is 65.6 Å². The third-order valence-corrected chi connectivity index (χ3v) is 7.29. The fraction of sp³-hybridized carbons (Fsp3) is 0.571. The molecule has 0 aromatic carbocycles. The van der Waals surface area contributed by atoms with Gasteiger partial charge in [0.05, 0.1) is 17.1 Å². The number of aryl methyl sites for hydroxylation is 2. The number of sulfone groups is 1. The summed E-state index contributed by atoms with van der Waals surface area (Å²) in [5.74, 6) is 0.289. The number of unbranched alkanes of at least 4 members (excludes halogenated alkanes) is 1. The standard InChI is InChI=1S/C21H29N3O6S/c1-5-6-8-23(17-7-9-31(27,28)13-17)20(25)12-29-21(26)18-10-14(2)24(16(18)4)19-11-15(3)30-22-19/h10-11,17H,5-9,12-13H2,1-4H3/t17-/m0/s1. The van der Waals surface area contributed by atoms with Crippen molar-refractivity contribution in [1.29, 1.82) is 0 Å². The zero-order chi connectivity index (χ0) is 22.8. The molecule has 170 valence electrons. The second-order valence-corrected chi connectivity index (χ2v) is 10.2. The van der Waals surface area contributed by atoms with E-state index in [2.05, 4.69) is 5.16 Å². The van der Waals surface area contributed by atoms with E-state index in [1.165, 1.54) is 0 Å². The highest BCUT2D eigenvalue weighted by Crippen LogP contribution is 2.22. The Balaban J connectivity index is 1.69. The molecule has 1 saturated heterocycles. The summed E-state index contributed by atoms with van der Waals surface area (Å²) in [5, 5.41) is 3.99. The largest absolute Gasteiger partial charge is 0.452 e. The molecule has 1 aliphatic rings. The molecule has 3 heterocycles. The van der Waals surface area contributed by atoms with E-state index < -0.39 is 22.4 Å². The van der Waals surface area contributed by atoms with E-state index in [1.54, 1.807) is 35.4 Å². The first kappa shape index (κ1) is 23.1. The van der Waals surface area contributed by atoms with E-state index in [1.807, 2.05) is 13.8 Å². The number of hydrogen-bond acceptors (Lipinski definition) is 7. The molecule has 0 spiro atoms. The van der Waals surface area contributed by atoms with Gasteiger partial charge in [-0.1, -0.05) is 18.5 Å². The highest BCUT2D eigenvalue weighted by atomic mass is 32.2. The van der Waals surface area contributed by atoms with Crippen LogP contribution in [0, 0.1) is 20.8 Å². The van der Waals surface area contributed by atoms with E-state index in [-0.39, 0.29) is 23.5 Å². The highest BCUT2D eigenvalue weighted by Gasteiger charge is 2.34. The van der Waals surface area contributed by atoms with Gasteiger partial charge in [-0.05, 0) is 39.7 Å². The average molecular weight is 452 g/mol. The zero-order valence-corrected chi connectivity index (χ0v) is 19.2. The van der Waals surface area contributed by atoms with Crippen molar-refractivity contribution in [3.63, 3.8) is 0 Å². The maximum absolute atomic E-state index is 12.8. The van der Waals surface area contributed by atoms with Gasteiger partial charge in [-0.25, -0.2) is 13.2 Å². The molecule has 0 radical (unpaired) electrons. The van der Waals surface area contributed by atoms with Gasteiger partial charge in [-0.2, -0.15) is 0 Å². The lowest BCUT2D eigenvalue weighted by Crippen LogP contribution is -2.43. The van der Waals surface area contributed by atoms with Crippen molar-refractivity contribution in [2.45, 2.75) is 53.0 Å². The van der Waals surface area contributed by atoms with Crippen LogP contribution in [0.25, 0.3) is 5.82 Å². The topological polar surface area (TPSA) is 112 Å². The van der Waals surface area contributed by atoms with Gasteiger partial charge < -0.3 is 14.2 Å². The Hall–Kier alpha value is -2.62. The number of amides is 1. The SMILES string of the molecule is CCCCN(C(=O)COC(=O)c1cc(C)n(-c2cc(C)on2)c1C)[C@H]1CCS(=O)(=O)C1. The summed E-state index contributed by atoms with van der Waals surface area (Å²) in [6, 6.07) is 3.09. The van der Waals surface area contributed by atoms with Crippen LogP contribution in [0.5, 0.6) is 0 Å². The molecule has 31 heavy (non-hydrogen) atoms. The van der Waals surface area contributed by atoms with Gasteiger partial charge in [-0.3, -0.25) is 9.36 Å².